The van der Waals surface area contributed by atoms with Crippen molar-refractivity contribution in [3.63, 3.8) is 0 Å². The van der Waals surface area contributed by atoms with E-state index in [0.29, 0.717) is 6.04 Å². The summed E-state index contributed by atoms with van der Waals surface area (Å²) in [5, 5.41) is 3.95. The molecule has 112 valence electrons. The van der Waals surface area contributed by atoms with Gasteiger partial charge in [-0.15, -0.1) is 0 Å². The van der Waals surface area contributed by atoms with Gasteiger partial charge in [0.2, 0.25) is 0 Å². The summed E-state index contributed by atoms with van der Waals surface area (Å²) in [6.07, 6.45) is 9.78. The number of nitrogens with one attached hydrogen (secondary N) is 1. The van der Waals surface area contributed by atoms with Gasteiger partial charge in [-0.25, -0.2) is 0 Å². The average molecular weight is 266 g/mol. The van der Waals surface area contributed by atoms with E-state index in [1.54, 1.807) is 0 Å². The number of piperidine rings is 1. The topological polar surface area (TPSA) is 15.3 Å². The largest absolute Gasteiger partial charge is 0.311 e. The maximum absolute atomic E-state index is 3.95. The lowest BCUT2D eigenvalue weighted by Crippen LogP contribution is -2.48. The minimum absolute atomic E-state index is 0.707. The quantitative estimate of drug-likeness (QED) is 0.817. The summed E-state index contributed by atoms with van der Waals surface area (Å²) >= 11 is 0. The molecule has 2 rings (SSSR count). The maximum atomic E-state index is 3.95. The Morgan fingerprint density at radius 1 is 1.16 bits per heavy atom. The van der Waals surface area contributed by atoms with E-state index in [0.717, 1.165) is 17.9 Å². The van der Waals surface area contributed by atoms with Crippen molar-refractivity contribution < 1.29 is 0 Å². The summed E-state index contributed by atoms with van der Waals surface area (Å²) in [4.78, 5) is 2.68. The van der Waals surface area contributed by atoms with Gasteiger partial charge in [0.25, 0.3) is 0 Å². The second kappa shape index (κ2) is 7.64. The van der Waals surface area contributed by atoms with Gasteiger partial charge in [0.05, 0.1) is 0 Å². The van der Waals surface area contributed by atoms with Gasteiger partial charge in [0.15, 0.2) is 0 Å². The second-order valence-corrected chi connectivity index (χ2v) is 7.12. The van der Waals surface area contributed by atoms with Crippen LogP contribution < -0.4 is 5.32 Å². The predicted molar refractivity (Wildman–Crippen MR) is 83.5 cm³/mol. The average Bonchev–Trinajstić information content (AvgIpc) is 2.42. The van der Waals surface area contributed by atoms with Crippen LogP contribution in [0, 0.1) is 11.8 Å². The van der Waals surface area contributed by atoms with Crippen LogP contribution in [0.4, 0.5) is 0 Å². The fourth-order valence-corrected chi connectivity index (χ4v) is 3.95. The molecule has 0 aromatic rings. The number of hydrogen-bond donors (Lipinski definition) is 1. The van der Waals surface area contributed by atoms with Gasteiger partial charge in [-0.3, -0.25) is 0 Å². The minimum Gasteiger partial charge on any atom is -0.311 e. The zero-order valence-corrected chi connectivity index (χ0v) is 13.3. The Kier molecular flexibility index (Phi) is 6.15. The van der Waals surface area contributed by atoms with Crippen LogP contribution >= 0.6 is 0 Å². The number of hydrogen-bond acceptors (Lipinski definition) is 2. The molecule has 19 heavy (non-hydrogen) atoms. The molecule has 2 fully saturated rings. The van der Waals surface area contributed by atoms with Crippen LogP contribution in [0.3, 0.4) is 0 Å². The molecular formula is C17H34N2. The van der Waals surface area contributed by atoms with Gasteiger partial charge in [-0.1, -0.05) is 13.8 Å². The van der Waals surface area contributed by atoms with Crippen molar-refractivity contribution >= 4 is 0 Å². The first kappa shape index (κ1) is 15.3. The van der Waals surface area contributed by atoms with Gasteiger partial charge in [-0.2, -0.15) is 0 Å². The number of rotatable bonds is 5. The van der Waals surface area contributed by atoms with Crippen molar-refractivity contribution in [2.45, 2.75) is 77.8 Å². The standard InChI is InChI=1S/C17H34N2/c1-4-11-19-12-5-6-16(13-19)15(3)18-17-9-7-14(2)8-10-17/h14-18H,4-13H2,1-3H3. The molecule has 1 aliphatic carbocycles. The third-order valence-electron chi connectivity index (χ3n) is 5.30. The molecule has 0 radical (unpaired) electrons. The van der Waals surface area contributed by atoms with E-state index in [-0.39, 0.29) is 0 Å². The molecule has 2 nitrogen and oxygen atoms in total. The van der Waals surface area contributed by atoms with E-state index in [2.05, 4.69) is 31.0 Å². The molecule has 0 aromatic heterocycles. The van der Waals surface area contributed by atoms with Gasteiger partial charge >= 0.3 is 0 Å². The van der Waals surface area contributed by atoms with Crippen LogP contribution in [-0.2, 0) is 0 Å². The van der Waals surface area contributed by atoms with Crippen LogP contribution in [0.5, 0.6) is 0 Å². The van der Waals surface area contributed by atoms with Crippen LogP contribution in [0.25, 0.3) is 0 Å². The van der Waals surface area contributed by atoms with Crippen LogP contribution in [-0.4, -0.2) is 36.6 Å². The Labute approximate surface area is 120 Å². The molecule has 1 aliphatic heterocycles. The highest BCUT2D eigenvalue weighted by atomic mass is 15.1. The first-order valence-corrected chi connectivity index (χ1v) is 8.67. The first-order chi connectivity index (χ1) is 9.19. The predicted octanol–water partition coefficient (Wildman–Crippen LogP) is 3.67. The molecule has 0 spiro atoms. The van der Waals surface area contributed by atoms with Crippen molar-refractivity contribution in [2.75, 3.05) is 19.6 Å². The van der Waals surface area contributed by atoms with Crippen LogP contribution in [0.2, 0.25) is 0 Å². The molecule has 1 heterocycles. The molecular weight excluding hydrogens is 232 g/mol. The SMILES string of the molecule is CCCN1CCCC(C(C)NC2CCC(C)CC2)C1. The number of nitrogens with zero attached hydrogens (tertiary/aromatic N) is 1. The van der Waals surface area contributed by atoms with Crippen molar-refractivity contribution in [3.8, 4) is 0 Å². The van der Waals surface area contributed by atoms with Crippen LogP contribution in [0.15, 0.2) is 0 Å². The molecule has 2 atom stereocenters. The Balaban J connectivity index is 1.74. The van der Waals surface area contributed by atoms with E-state index in [9.17, 15) is 0 Å². The Morgan fingerprint density at radius 3 is 2.58 bits per heavy atom. The Morgan fingerprint density at radius 2 is 1.89 bits per heavy atom. The van der Waals surface area contributed by atoms with Gasteiger partial charge in [0.1, 0.15) is 0 Å². The monoisotopic (exact) mass is 266 g/mol. The molecule has 0 aromatic carbocycles. The van der Waals surface area contributed by atoms with E-state index in [1.807, 2.05) is 0 Å². The zero-order chi connectivity index (χ0) is 13.7. The summed E-state index contributed by atoms with van der Waals surface area (Å²) in [5.74, 6) is 1.84. The fourth-order valence-electron chi connectivity index (χ4n) is 3.95. The third-order valence-corrected chi connectivity index (χ3v) is 5.30. The van der Waals surface area contributed by atoms with E-state index >= 15 is 0 Å². The summed E-state index contributed by atoms with van der Waals surface area (Å²) in [6, 6.07) is 1.51. The molecule has 1 saturated carbocycles. The van der Waals surface area contributed by atoms with E-state index < -0.39 is 0 Å². The van der Waals surface area contributed by atoms with E-state index in [1.165, 1.54) is 64.6 Å². The number of likely N-dealkylation sites (tertiary alicyclic amines) is 1. The maximum Gasteiger partial charge on any atom is 0.00818 e. The molecule has 2 aliphatic rings. The molecule has 0 amide bonds. The van der Waals surface area contributed by atoms with Crippen LogP contribution in [0.1, 0.15) is 65.7 Å². The van der Waals surface area contributed by atoms with Crippen molar-refractivity contribution in [2.24, 2.45) is 11.8 Å². The van der Waals surface area contributed by atoms with Crippen molar-refractivity contribution in [3.05, 3.63) is 0 Å². The zero-order valence-electron chi connectivity index (χ0n) is 13.3. The first-order valence-electron chi connectivity index (χ1n) is 8.67. The lowest BCUT2D eigenvalue weighted by molar-refractivity contribution is 0.141. The van der Waals surface area contributed by atoms with Gasteiger partial charge in [-0.05, 0) is 76.8 Å². The fraction of sp³-hybridized carbons (Fsp3) is 1.00. The highest BCUT2D eigenvalue weighted by Crippen LogP contribution is 2.26. The van der Waals surface area contributed by atoms with Gasteiger partial charge in [0, 0.05) is 18.6 Å². The van der Waals surface area contributed by atoms with Crippen molar-refractivity contribution in [1.82, 2.24) is 10.2 Å². The van der Waals surface area contributed by atoms with Gasteiger partial charge < -0.3 is 10.2 Å². The molecule has 1 N–H and O–H groups in total. The molecule has 0 bridgehead atoms. The summed E-state index contributed by atoms with van der Waals surface area (Å²) in [5.41, 5.74) is 0. The lowest BCUT2D eigenvalue weighted by Gasteiger charge is -2.38. The third kappa shape index (κ3) is 4.75. The minimum atomic E-state index is 0.707. The molecule has 2 unspecified atom stereocenters. The Hall–Kier alpha value is -0.0800. The summed E-state index contributed by atoms with van der Waals surface area (Å²) in [7, 11) is 0. The van der Waals surface area contributed by atoms with Crippen molar-refractivity contribution in [1.29, 1.82) is 0 Å². The molecule has 2 heteroatoms. The highest BCUT2D eigenvalue weighted by Gasteiger charge is 2.27. The highest BCUT2D eigenvalue weighted by molar-refractivity contribution is 4.84. The summed E-state index contributed by atoms with van der Waals surface area (Å²) in [6.45, 7) is 11.1. The lowest BCUT2D eigenvalue weighted by atomic mass is 9.85. The normalized spacial score (nSPS) is 35.2. The Bertz CT molecular complexity index is 244. The molecule has 1 saturated heterocycles. The van der Waals surface area contributed by atoms with E-state index in [4.69, 9.17) is 0 Å². The summed E-state index contributed by atoms with van der Waals surface area (Å²) < 4.78 is 0. The second-order valence-electron chi connectivity index (χ2n) is 7.12. The smallest absolute Gasteiger partial charge is 0.00818 e.